The monoisotopic (exact) mass is 402 g/mol. The number of nitrogens with zero attached hydrogens (tertiary/aromatic N) is 3. The molecule has 0 aliphatic carbocycles. The number of aryl methyl sites for hydroxylation is 1. The molecule has 0 atom stereocenters. The van der Waals surface area contributed by atoms with Crippen LogP contribution in [0.25, 0.3) is 10.9 Å². The molecule has 0 radical (unpaired) electrons. The zero-order valence-corrected chi connectivity index (χ0v) is 15.7. The number of amides is 1. The number of nitrogens with one attached hydrogen (secondary N) is 1. The molecule has 144 valence electrons. The minimum Gasteiger partial charge on any atom is -0.490 e. The summed E-state index contributed by atoms with van der Waals surface area (Å²) in [5.41, 5.74) is 0.696. The number of carbonyl (C=O) groups is 1. The summed E-state index contributed by atoms with van der Waals surface area (Å²) in [5.74, 6) is -0.477. The number of rotatable bonds is 5. The summed E-state index contributed by atoms with van der Waals surface area (Å²) < 4.78 is 6.17. The molecule has 10 heteroatoms. The van der Waals surface area contributed by atoms with Crippen molar-refractivity contribution in [2.45, 2.75) is 13.5 Å². The topological polar surface area (TPSA) is 116 Å². The minimum atomic E-state index is -0.567. The van der Waals surface area contributed by atoms with Gasteiger partial charge < -0.3 is 10.1 Å². The summed E-state index contributed by atoms with van der Waals surface area (Å²) in [6, 6.07) is 7.41. The van der Waals surface area contributed by atoms with Crippen molar-refractivity contribution in [3.05, 3.63) is 67.7 Å². The van der Waals surface area contributed by atoms with Crippen molar-refractivity contribution < 1.29 is 14.5 Å². The van der Waals surface area contributed by atoms with Gasteiger partial charge in [0.1, 0.15) is 6.54 Å². The zero-order chi connectivity index (χ0) is 20.4. The van der Waals surface area contributed by atoms with Gasteiger partial charge in [0.15, 0.2) is 5.75 Å². The van der Waals surface area contributed by atoms with Gasteiger partial charge in [0.2, 0.25) is 5.91 Å². The number of nitro groups is 1. The van der Waals surface area contributed by atoms with Crippen molar-refractivity contribution in [2.75, 3.05) is 12.4 Å². The number of fused-ring (bicyclic) bond motifs is 1. The number of ether oxygens (including phenoxy) is 1. The van der Waals surface area contributed by atoms with Gasteiger partial charge in [-0.25, -0.2) is 4.98 Å². The average molecular weight is 403 g/mol. The molecular weight excluding hydrogens is 388 g/mol. The quantitative estimate of drug-likeness (QED) is 0.518. The standard InChI is InChI=1S/C18H15ClN4O5/c1-10-5-15(23(26)27)16(28-2)7-14(10)21-17(24)8-22-9-20-13-4-3-11(19)6-12(13)18(22)25/h3-7,9H,8H2,1-2H3,(H,21,24). The van der Waals surface area contributed by atoms with E-state index in [0.717, 1.165) is 4.57 Å². The van der Waals surface area contributed by atoms with Crippen LogP contribution >= 0.6 is 11.6 Å². The predicted molar refractivity (Wildman–Crippen MR) is 104 cm³/mol. The number of anilines is 1. The highest BCUT2D eigenvalue weighted by molar-refractivity contribution is 6.31. The molecule has 3 rings (SSSR count). The van der Waals surface area contributed by atoms with Crippen molar-refractivity contribution >= 4 is 39.8 Å². The highest BCUT2D eigenvalue weighted by Gasteiger charge is 2.18. The first-order valence-electron chi connectivity index (χ1n) is 8.07. The van der Waals surface area contributed by atoms with Crippen LogP contribution in [0.3, 0.4) is 0 Å². The molecule has 2 aromatic carbocycles. The van der Waals surface area contributed by atoms with E-state index in [9.17, 15) is 19.7 Å². The zero-order valence-electron chi connectivity index (χ0n) is 14.9. The normalized spacial score (nSPS) is 10.7. The Balaban J connectivity index is 1.87. The summed E-state index contributed by atoms with van der Waals surface area (Å²) in [5, 5.41) is 14.4. The molecule has 3 aromatic rings. The molecular formula is C18H15ClN4O5. The molecule has 0 spiro atoms. The second-order valence-electron chi connectivity index (χ2n) is 5.98. The summed E-state index contributed by atoms with van der Waals surface area (Å²) in [6.07, 6.45) is 1.28. The van der Waals surface area contributed by atoms with Crippen molar-refractivity contribution in [1.82, 2.24) is 9.55 Å². The number of hydrogen-bond acceptors (Lipinski definition) is 6. The highest BCUT2D eigenvalue weighted by Crippen LogP contribution is 2.32. The van der Waals surface area contributed by atoms with E-state index in [0.29, 0.717) is 27.2 Å². The largest absolute Gasteiger partial charge is 0.490 e. The van der Waals surface area contributed by atoms with Gasteiger partial charge in [-0.1, -0.05) is 11.6 Å². The Kier molecular flexibility index (Phi) is 5.27. The van der Waals surface area contributed by atoms with E-state index < -0.39 is 16.4 Å². The molecule has 0 unspecified atom stereocenters. The molecule has 0 aliphatic rings. The third kappa shape index (κ3) is 3.79. The SMILES string of the molecule is COc1cc(NC(=O)Cn2cnc3ccc(Cl)cc3c2=O)c(C)cc1[N+](=O)[O-]. The van der Waals surface area contributed by atoms with Crippen molar-refractivity contribution in [3.8, 4) is 5.75 Å². The maximum Gasteiger partial charge on any atom is 0.311 e. The van der Waals surface area contributed by atoms with Gasteiger partial charge in [0.25, 0.3) is 5.56 Å². The third-order valence-electron chi connectivity index (χ3n) is 4.10. The highest BCUT2D eigenvalue weighted by atomic mass is 35.5. The van der Waals surface area contributed by atoms with Crippen LogP contribution in [0.5, 0.6) is 5.75 Å². The minimum absolute atomic E-state index is 0.0186. The Bertz CT molecular complexity index is 1160. The first kappa shape index (κ1) is 19.3. The van der Waals surface area contributed by atoms with Gasteiger partial charge in [-0.2, -0.15) is 0 Å². The van der Waals surface area contributed by atoms with Crippen LogP contribution in [-0.4, -0.2) is 27.5 Å². The Morgan fingerprint density at radius 1 is 1.36 bits per heavy atom. The number of halogens is 1. The molecule has 28 heavy (non-hydrogen) atoms. The lowest BCUT2D eigenvalue weighted by Gasteiger charge is -2.12. The van der Waals surface area contributed by atoms with Gasteiger partial charge in [0.05, 0.1) is 29.3 Å². The number of methoxy groups -OCH3 is 1. The smallest absolute Gasteiger partial charge is 0.311 e. The summed E-state index contributed by atoms with van der Waals surface area (Å²) in [6.45, 7) is 1.33. The van der Waals surface area contributed by atoms with E-state index in [1.807, 2.05) is 0 Å². The Morgan fingerprint density at radius 2 is 2.11 bits per heavy atom. The maximum atomic E-state index is 12.5. The number of aromatic nitrogens is 2. The fourth-order valence-corrected chi connectivity index (χ4v) is 2.87. The van der Waals surface area contributed by atoms with Crippen LogP contribution in [0.2, 0.25) is 5.02 Å². The second kappa shape index (κ2) is 7.65. The lowest BCUT2D eigenvalue weighted by atomic mass is 10.1. The lowest BCUT2D eigenvalue weighted by molar-refractivity contribution is -0.385. The van der Waals surface area contributed by atoms with Crippen molar-refractivity contribution in [2.24, 2.45) is 0 Å². The van der Waals surface area contributed by atoms with E-state index in [4.69, 9.17) is 16.3 Å². The fourth-order valence-electron chi connectivity index (χ4n) is 2.70. The molecule has 1 aromatic heterocycles. The van der Waals surface area contributed by atoms with Crippen molar-refractivity contribution in [1.29, 1.82) is 0 Å². The van der Waals surface area contributed by atoms with Gasteiger partial charge in [-0.05, 0) is 30.7 Å². The molecule has 1 N–H and O–H groups in total. The summed E-state index contributed by atoms with van der Waals surface area (Å²) in [4.78, 5) is 39.6. The van der Waals surface area contributed by atoms with Gasteiger partial charge >= 0.3 is 5.69 Å². The van der Waals surface area contributed by atoms with E-state index in [2.05, 4.69) is 10.3 Å². The van der Waals surface area contributed by atoms with Gasteiger partial charge in [-0.15, -0.1) is 0 Å². The molecule has 0 saturated carbocycles. The number of hydrogen-bond donors (Lipinski definition) is 1. The molecule has 0 aliphatic heterocycles. The number of carbonyl (C=O) groups excluding carboxylic acids is 1. The first-order valence-corrected chi connectivity index (χ1v) is 8.45. The van der Waals surface area contributed by atoms with Crippen LogP contribution in [0, 0.1) is 17.0 Å². The van der Waals surface area contributed by atoms with E-state index >= 15 is 0 Å². The predicted octanol–water partition coefficient (Wildman–Crippen LogP) is 2.91. The van der Waals surface area contributed by atoms with E-state index in [1.54, 1.807) is 19.1 Å². The van der Waals surface area contributed by atoms with Crippen LogP contribution in [0.15, 0.2) is 41.5 Å². The Hall–Kier alpha value is -3.46. The second-order valence-corrected chi connectivity index (χ2v) is 6.42. The van der Waals surface area contributed by atoms with Crippen LogP contribution in [0.4, 0.5) is 11.4 Å². The Morgan fingerprint density at radius 3 is 2.79 bits per heavy atom. The van der Waals surface area contributed by atoms with E-state index in [1.165, 1.54) is 31.6 Å². The molecule has 0 saturated heterocycles. The number of nitro benzene ring substituents is 1. The van der Waals surface area contributed by atoms with Crippen LogP contribution < -0.4 is 15.6 Å². The maximum absolute atomic E-state index is 12.5. The first-order chi connectivity index (χ1) is 13.3. The van der Waals surface area contributed by atoms with Gasteiger partial charge in [0, 0.05) is 22.8 Å². The average Bonchev–Trinajstić information content (AvgIpc) is 2.65. The fraction of sp³-hybridized carbons (Fsp3) is 0.167. The van der Waals surface area contributed by atoms with E-state index in [-0.39, 0.29) is 18.0 Å². The number of benzene rings is 2. The Labute approximate surface area is 163 Å². The van der Waals surface area contributed by atoms with Gasteiger partial charge in [-0.3, -0.25) is 24.3 Å². The van der Waals surface area contributed by atoms with Crippen LogP contribution in [0.1, 0.15) is 5.56 Å². The molecule has 0 bridgehead atoms. The van der Waals surface area contributed by atoms with Crippen LogP contribution in [-0.2, 0) is 11.3 Å². The molecule has 1 heterocycles. The summed E-state index contributed by atoms with van der Waals surface area (Å²) in [7, 11) is 1.30. The molecule has 9 nitrogen and oxygen atoms in total. The lowest BCUT2D eigenvalue weighted by Crippen LogP contribution is -2.28. The van der Waals surface area contributed by atoms with Crippen molar-refractivity contribution in [3.63, 3.8) is 0 Å². The summed E-state index contributed by atoms with van der Waals surface area (Å²) >= 11 is 5.92. The molecule has 1 amide bonds. The third-order valence-corrected chi connectivity index (χ3v) is 4.33. The molecule has 0 fully saturated rings.